The number of nitrogens with zero attached hydrogens (tertiary/aromatic N) is 1. The van der Waals surface area contributed by atoms with Crippen molar-refractivity contribution in [3.05, 3.63) is 30.1 Å². The number of aromatic nitrogens is 2. The highest BCUT2D eigenvalue weighted by molar-refractivity contribution is 5.97. The lowest BCUT2D eigenvalue weighted by molar-refractivity contribution is -0.135. The van der Waals surface area contributed by atoms with Gasteiger partial charge in [-0.1, -0.05) is 0 Å². The fourth-order valence-electron chi connectivity index (χ4n) is 1.83. The van der Waals surface area contributed by atoms with Crippen molar-refractivity contribution in [1.82, 2.24) is 15.3 Å². The Bertz CT molecular complexity index is 592. The molecule has 0 saturated carbocycles. The first kappa shape index (κ1) is 14.4. The molecule has 1 heterocycles. The van der Waals surface area contributed by atoms with Gasteiger partial charge < -0.3 is 10.3 Å². The molecule has 1 aromatic heterocycles. The normalized spacial score (nSPS) is 11.8. The maximum Gasteiger partial charge on any atom is 0.389 e. The van der Waals surface area contributed by atoms with Crippen LogP contribution in [0.5, 0.6) is 0 Å². The molecule has 0 bridgehead atoms. The van der Waals surface area contributed by atoms with Crippen LogP contribution in [0.4, 0.5) is 13.2 Å². The van der Waals surface area contributed by atoms with Gasteiger partial charge in [-0.15, -0.1) is 0 Å². The fourth-order valence-corrected chi connectivity index (χ4v) is 1.83. The largest absolute Gasteiger partial charge is 0.389 e. The number of alkyl halides is 3. The third-order valence-electron chi connectivity index (χ3n) is 2.86. The standard InChI is InChI=1S/C13H14F3N3O/c14-13(15,16)5-1-2-6-17-12(20)9-3-4-10-11(7-9)19-8-18-10/h3-4,7-8H,1-2,5-6H2,(H,17,20)(H,18,19). The predicted molar refractivity (Wildman–Crippen MR) is 68.3 cm³/mol. The lowest BCUT2D eigenvalue weighted by Crippen LogP contribution is -2.24. The number of aromatic amines is 1. The van der Waals surface area contributed by atoms with E-state index in [4.69, 9.17) is 0 Å². The van der Waals surface area contributed by atoms with Crippen LogP contribution in [0.15, 0.2) is 24.5 Å². The zero-order valence-corrected chi connectivity index (χ0v) is 10.6. The zero-order valence-electron chi connectivity index (χ0n) is 10.6. The van der Waals surface area contributed by atoms with Crippen molar-refractivity contribution in [2.24, 2.45) is 0 Å². The highest BCUT2D eigenvalue weighted by Gasteiger charge is 2.25. The van der Waals surface area contributed by atoms with E-state index in [2.05, 4.69) is 15.3 Å². The molecule has 1 amide bonds. The van der Waals surface area contributed by atoms with Crippen molar-refractivity contribution in [2.45, 2.75) is 25.4 Å². The first-order valence-electron chi connectivity index (χ1n) is 6.24. The van der Waals surface area contributed by atoms with Crippen molar-refractivity contribution in [3.8, 4) is 0 Å². The average molecular weight is 285 g/mol. The van der Waals surface area contributed by atoms with Gasteiger partial charge >= 0.3 is 6.18 Å². The van der Waals surface area contributed by atoms with Crippen molar-refractivity contribution >= 4 is 16.9 Å². The molecule has 20 heavy (non-hydrogen) atoms. The third kappa shape index (κ3) is 3.97. The van der Waals surface area contributed by atoms with Crippen LogP contribution in [-0.2, 0) is 0 Å². The van der Waals surface area contributed by atoms with E-state index in [0.717, 1.165) is 11.0 Å². The van der Waals surface area contributed by atoms with Gasteiger partial charge in [-0.3, -0.25) is 4.79 Å². The van der Waals surface area contributed by atoms with E-state index in [0.29, 0.717) is 12.0 Å². The molecule has 0 spiro atoms. The molecule has 2 aromatic rings. The molecule has 0 aliphatic rings. The number of nitrogens with one attached hydrogen (secondary N) is 2. The summed E-state index contributed by atoms with van der Waals surface area (Å²) in [7, 11) is 0. The molecule has 0 aliphatic carbocycles. The second-order valence-electron chi connectivity index (χ2n) is 4.46. The molecule has 0 unspecified atom stereocenters. The van der Waals surface area contributed by atoms with Crippen molar-refractivity contribution < 1.29 is 18.0 Å². The smallest absolute Gasteiger partial charge is 0.352 e. The van der Waals surface area contributed by atoms with Gasteiger partial charge in [0.15, 0.2) is 0 Å². The molecule has 2 N–H and O–H groups in total. The Morgan fingerprint density at radius 2 is 2.10 bits per heavy atom. The first-order valence-corrected chi connectivity index (χ1v) is 6.24. The lowest BCUT2D eigenvalue weighted by atomic mass is 10.2. The number of amides is 1. The Morgan fingerprint density at radius 3 is 2.85 bits per heavy atom. The molecule has 0 aliphatic heterocycles. The van der Waals surface area contributed by atoms with Gasteiger partial charge in [0.05, 0.1) is 17.4 Å². The highest BCUT2D eigenvalue weighted by atomic mass is 19.4. The van der Waals surface area contributed by atoms with Crippen LogP contribution < -0.4 is 5.32 Å². The molecule has 0 saturated heterocycles. The minimum atomic E-state index is -4.13. The van der Waals surface area contributed by atoms with E-state index in [9.17, 15) is 18.0 Å². The van der Waals surface area contributed by atoms with Crippen molar-refractivity contribution in [1.29, 1.82) is 0 Å². The summed E-state index contributed by atoms with van der Waals surface area (Å²) in [5.74, 6) is -0.298. The second-order valence-corrected chi connectivity index (χ2v) is 4.46. The fraction of sp³-hybridized carbons (Fsp3) is 0.385. The van der Waals surface area contributed by atoms with Gasteiger partial charge in [0, 0.05) is 18.5 Å². The lowest BCUT2D eigenvalue weighted by Gasteiger charge is -2.07. The number of imidazole rings is 1. The molecule has 4 nitrogen and oxygen atoms in total. The Hall–Kier alpha value is -2.05. The number of hydrogen-bond donors (Lipinski definition) is 2. The average Bonchev–Trinajstić information content (AvgIpc) is 2.83. The Labute approximate surface area is 113 Å². The third-order valence-corrected chi connectivity index (χ3v) is 2.86. The van der Waals surface area contributed by atoms with E-state index in [1.54, 1.807) is 18.2 Å². The monoisotopic (exact) mass is 285 g/mol. The Kier molecular flexibility index (Phi) is 4.26. The summed E-state index contributed by atoms with van der Waals surface area (Å²) in [5.41, 5.74) is 1.96. The summed E-state index contributed by atoms with van der Waals surface area (Å²) >= 11 is 0. The van der Waals surface area contributed by atoms with Crippen LogP contribution in [0.3, 0.4) is 0 Å². The van der Waals surface area contributed by atoms with Gasteiger partial charge in [0.1, 0.15) is 0 Å². The van der Waals surface area contributed by atoms with E-state index >= 15 is 0 Å². The topological polar surface area (TPSA) is 57.8 Å². The summed E-state index contributed by atoms with van der Waals surface area (Å²) in [6.45, 7) is 0.232. The Balaban J connectivity index is 1.80. The number of benzene rings is 1. The van der Waals surface area contributed by atoms with Gasteiger partial charge in [0.2, 0.25) is 0 Å². The van der Waals surface area contributed by atoms with Crippen LogP contribution >= 0.6 is 0 Å². The van der Waals surface area contributed by atoms with Gasteiger partial charge in [-0.2, -0.15) is 13.2 Å². The number of fused-ring (bicyclic) bond motifs is 1. The summed E-state index contributed by atoms with van der Waals surface area (Å²) in [6.07, 6.45) is -3.09. The number of H-pyrrole nitrogens is 1. The van der Waals surface area contributed by atoms with Gasteiger partial charge in [0.25, 0.3) is 5.91 Å². The number of carbonyl (C=O) groups excluding carboxylic acids is 1. The van der Waals surface area contributed by atoms with E-state index in [1.807, 2.05) is 0 Å². The molecule has 2 rings (SSSR count). The van der Waals surface area contributed by atoms with Crippen LogP contribution in [-0.4, -0.2) is 28.6 Å². The minimum Gasteiger partial charge on any atom is -0.352 e. The number of halogens is 3. The number of carbonyl (C=O) groups is 1. The van der Waals surface area contributed by atoms with Crippen LogP contribution in [0.1, 0.15) is 29.6 Å². The first-order chi connectivity index (χ1) is 9.46. The number of unbranched alkanes of at least 4 members (excludes halogenated alkanes) is 1. The van der Waals surface area contributed by atoms with E-state index < -0.39 is 12.6 Å². The summed E-state index contributed by atoms with van der Waals surface area (Å²) in [4.78, 5) is 18.7. The minimum absolute atomic E-state index is 0.0172. The Morgan fingerprint density at radius 1 is 1.30 bits per heavy atom. The molecular formula is C13H14F3N3O. The van der Waals surface area contributed by atoms with E-state index in [1.165, 1.54) is 6.33 Å². The number of hydrogen-bond acceptors (Lipinski definition) is 2. The van der Waals surface area contributed by atoms with Gasteiger partial charge in [-0.25, -0.2) is 4.98 Å². The highest BCUT2D eigenvalue weighted by Crippen LogP contribution is 2.21. The number of rotatable bonds is 5. The summed E-state index contributed by atoms with van der Waals surface area (Å²) < 4.78 is 35.8. The molecule has 0 radical (unpaired) electrons. The molecule has 1 aromatic carbocycles. The maximum absolute atomic E-state index is 11.9. The maximum atomic E-state index is 11.9. The summed E-state index contributed by atoms with van der Waals surface area (Å²) in [5, 5.41) is 2.60. The van der Waals surface area contributed by atoms with Crippen LogP contribution in [0.2, 0.25) is 0 Å². The molecule has 108 valence electrons. The van der Waals surface area contributed by atoms with Crippen molar-refractivity contribution in [3.63, 3.8) is 0 Å². The molecule has 7 heteroatoms. The van der Waals surface area contributed by atoms with Crippen LogP contribution in [0.25, 0.3) is 11.0 Å². The SMILES string of the molecule is O=C(NCCCCC(F)(F)F)c1ccc2nc[nH]c2c1. The molecule has 0 fully saturated rings. The predicted octanol–water partition coefficient (Wildman–Crippen LogP) is 3.03. The van der Waals surface area contributed by atoms with Gasteiger partial charge in [-0.05, 0) is 31.0 Å². The van der Waals surface area contributed by atoms with E-state index in [-0.39, 0.29) is 18.9 Å². The molecular weight excluding hydrogens is 271 g/mol. The van der Waals surface area contributed by atoms with Crippen molar-refractivity contribution in [2.75, 3.05) is 6.54 Å². The summed E-state index contributed by atoms with van der Waals surface area (Å²) in [6, 6.07) is 5.01. The zero-order chi connectivity index (χ0) is 14.6. The molecule has 0 atom stereocenters. The quantitative estimate of drug-likeness (QED) is 0.830. The van der Waals surface area contributed by atoms with Crippen LogP contribution in [0, 0.1) is 0 Å². The second kappa shape index (κ2) is 5.94.